The minimum Gasteiger partial charge on any atom is -0.279 e. The molecule has 0 fully saturated rings. The van der Waals surface area contributed by atoms with E-state index in [0.29, 0.717) is 11.3 Å². The highest BCUT2D eigenvalue weighted by Crippen LogP contribution is 2.31. The third kappa shape index (κ3) is 3.85. The molecule has 0 atom stereocenters. The monoisotopic (exact) mass is 378 g/mol. The highest BCUT2D eigenvalue weighted by molar-refractivity contribution is 7.92. The number of sulfonamides is 1. The summed E-state index contributed by atoms with van der Waals surface area (Å²) in [5.74, 6) is 0. The molecule has 0 amide bonds. The molecule has 1 heterocycles. The number of nitrogens with one attached hydrogen (secondary N) is 1. The number of hydrogen-bond acceptors (Lipinski definition) is 3. The van der Waals surface area contributed by atoms with Crippen LogP contribution in [-0.2, 0) is 16.2 Å². The molecule has 26 heavy (non-hydrogen) atoms. The molecule has 0 spiro atoms. The first kappa shape index (κ1) is 17.9. The van der Waals surface area contributed by atoms with E-state index in [0.717, 1.165) is 24.3 Å². The van der Waals surface area contributed by atoms with Crippen molar-refractivity contribution in [3.05, 3.63) is 78.5 Å². The molecule has 0 saturated heterocycles. The summed E-state index contributed by atoms with van der Waals surface area (Å²) in [5.41, 5.74) is 0.498. The lowest BCUT2D eigenvalue weighted by Gasteiger charge is -2.13. The Balaban J connectivity index is 1.94. The summed E-state index contributed by atoms with van der Waals surface area (Å²) < 4.78 is 65.4. The van der Waals surface area contributed by atoms with Gasteiger partial charge in [0.15, 0.2) is 0 Å². The van der Waals surface area contributed by atoms with Gasteiger partial charge in [0.2, 0.25) is 0 Å². The van der Waals surface area contributed by atoms with E-state index in [9.17, 15) is 21.6 Å². The number of pyridine rings is 1. The maximum absolute atomic E-state index is 12.6. The smallest absolute Gasteiger partial charge is 0.279 e. The lowest BCUT2D eigenvalue weighted by atomic mass is 10.1. The summed E-state index contributed by atoms with van der Waals surface area (Å²) in [7, 11) is -4.05. The fraction of sp³-hybridized carbons (Fsp3) is 0.0556. The molecule has 8 heteroatoms. The lowest BCUT2D eigenvalue weighted by Crippen LogP contribution is -2.14. The van der Waals surface area contributed by atoms with Gasteiger partial charge in [-0.1, -0.05) is 24.3 Å². The van der Waals surface area contributed by atoms with Crippen molar-refractivity contribution in [3.63, 3.8) is 0 Å². The van der Waals surface area contributed by atoms with Crippen molar-refractivity contribution < 1.29 is 21.6 Å². The molecule has 0 bridgehead atoms. The predicted octanol–water partition coefficient (Wildman–Crippen LogP) is 4.57. The van der Waals surface area contributed by atoms with Crippen LogP contribution in [0.2, 0.25) is 0 Å². The predicted molar refractivity (Wildman–Crippen MR) is 91.9 cm³/mol. The molecular weight excluding hydrogens is 365 g/mol. The summed E-state index contributed by atoms with van der Waals surface area (Å²) in [6.45, 7) is 0. The first-order valence-corrected chi connectivity index (χ1v) is 8.96. The molecule has 0 aliphatic carbocycles. The van der Waals surface area contributed by atoms with E-state index < -0.39 is 21.8 Å². The van der Waals surface area contributed by atoms with Gasteiger partial charge in [0, 0.05) is 11.8 Å². The van der Waals surface area contributed by atoms with Gasteiger partial charge in [-0.15, -0.1) is 0 Å². The van der Waals surface area contributed by atoms with E-state index in [1.54, 1.807) is 48.7 Å². The average Bonchev–Trinajstić information content (AvgIpc) is 2.62. The van der Waals surface area contributed by atoms with E-state index >= 15 is 0 Å². The van der Waals surface area contributed by atoms with Crippen molar-refractivity contribution >= 4 is 15.7 Å². The first-order chi connectivity index (χ1) is 12.3. The van der Waals surface area contributed by atoms with Crippen LogP contribution in [0.5, 0.6) is 0 Å². The van der Waals surface area contributed by atoms with Crippen LogP contribution < -0.4 is 4.72 Å². The molecule has 3 aromatic rings. The van der Waals surface area contributed by atoms with Crippen LogP contribution in [0.15, 0.2) is 77.8 Å². The topological polar surface area (TPSA) is 59.1 Å². The van der Waals surface area contributed by atoms with Crippen molar-refractivity contribution in [1.82, 2.24) is 4.98 Å². The highest BCUT2D eigenvalue weighted by Gasteiger charge is 2.30. The Morgan fingerprint density at radius 2 is 1.50 bits per heavy atom. The number of halogens is 3. The molecule has 0 radical (unpaired) electrons. The van der Waals surface area contributed by atoms with Gasteiger partial charge in [-0.2, -0.15) is 13.2 Å². The second-order valence-corrected chi connectivity index (χ2v) is 7.07. The van der Waals surface area contributed by atoms with Gasteiger partial charge < -0.3 is 0 Å². The minimum absolute atomic E-state index is 0.263. The van der Waals surface area contributed by atoms with Crippen LogP contribution in [0.3, 0.4) is 0 Å². The van der Waals surface area contributed by atoms with E-state index in [1.807, 2.05) is 0 Å². The SMILES string of the molecule is O=S(=O)(Nc1ccccc1-c1ccccn1)c1ccc(C(F)(F)F)cc1. The van der Waals surface area contributed by atoms with Crippen LogP contribution in [0.1, 0.15) is 5.56 Å². The number of alkyl halides is 3. The quantitative estimate of drug-likeness (QED) is 0.724. The Hall–Kier alpha value is -2.87. The van der Waals surface area contributed by atoms with Crippen molar-refractivity contribution in [3.8, 4) is 11.3 Å². The Morgan fingerprint density at radius 3 is 2.12 bits per heavy atom. The first-order valence-electron chi connectivity index (χ1n) is 7.48. The number of nitrogens with zero attached hydrogens (tertiary/aromatic N) is 1. The van der Waals surface area contributed by atoms with Gasteiger partial charge in [0.25, 0.3) is 10.0 Å². The molecule has 0 aliphatic rings. The number of para-hydroxylation sites is 1. The normalized spacial score (nSPS) is 12.0. The van der Waals surface area contributed by atoms with Crippen molar-refractivity contribution in [2.24, 2.45) is 0 Å². The molecule has 3 rings (SSSR count). The minimum atomic E-state index is -4.53. The number of rotatable bonds is 4. The van der Waals surface area contributed by atoms with Crippen LogP contribution in [0.4, 0.5) is 18.9 Å². The van der Waals surface area contributed by atoms with E-state index in [-0.39, 0.29) is 10.6 Å². The van der Waals surface area contributed by atoms with E-state index in [4.69, 9.17) is 0 Å². The second-order valence-electron chi connectivity index (χ2n) is 5.39. The van der Waals surface area contributed by atoms with Gasteiger partial charge in [-0.3, -0.25) is 9.71 Å². The zero-order valence-electron chi connectivity index (χ0n) is 13.2. The molecule has 1 N–H and O–H groups in total. The maximum Gasteiger partial charge on any atom is 0.416 e. The summed E-state index contributed by atoms with van der Waals surface area (Å²) in [6.07, 6.45) is -2.95. The molecule has 1 aromatic heterocycles. The molecule has 134 valence electrons. The van der Waals surface area contributed by atoms with Crippen LogP contribution in [-0.4, -0.2) is 13.4 Å². The summed E-state index contributed by atoms with van der Waals surface area (Å²) in [6, 6.07) is 15.2. The fourth-order valence-electron chi connectivity index (χ4n) is 2.34. The highest BCUT2D eigenvalue weighted by atomic mass is 32.2. The summed E-state index contributed by atoms with van der Waals surface area (Å²) in [5, 5.41) is 0. The molecule has 2 aromatic carbocycles. The Kier molecular flexibility index (Phi) is 4.69. The van der Waals surface area contributed by atoms with Crippen LogP contribution in [0, 0.1) is 0 Å². The number of benzene rings is 2. The van der Waals surface area contributed by atoms with Crippen LogP contribution in [0.25, 0.3) is 11.3 Å². The lowest BCUT2D eigenvalue weighted by molar-refractivity contribution is -0.137. The molecule has 0 unspecified atom stereocenters. The number of anilines is 1. The third-order valence-electron chi connectivity index (χ3n) is 3.60. The fourth-order valence-corrected chi connectivity index (χ4v) is 3.42. The van der Waals surface area contributed by atoms with Crippen molar-refractivity contribution in [2.45, 2.75) is 11.1 Å². The molecule has 0 aliphatic heterocycles. The van der Waals surface area contributed by atoms with Gasteiger partial charge in [-0.05, 0) is 42.5 Å². The van der Waals surface area contributed by atoms with Gasteiger partial charge >= 0.3 is 6.18 Å². The van der Waals surface area contributed by atoms with Gasteiger partial charge in [0.1, 0.15) is 0 Å². The standard InChI is InChI=1S/C18H13F3N2O2S/c19-18(20,21)13-8-10-14(11-9-13)26(24,25)23-17-7-2-1-5-15(17)16-6-3-4-12-22-16/h1-12,23H. The maximum atomic E-state index is 12.6. The number of aromatic nitrogens is 1. The second kappa shape index (κ2) is 6.80. The average molecular weight is 378 g/mol. The Bertz CT molecular complexity index is 1000. The Labute approximate surface area is 148 Å². The molecule has 4 nitrogen and oxygen atoms in total. The molecular formula is C18H13F3N2O2S. The van der Waals surface area contributed by atoms with Crippen LogP contribution >= 0.6 is 0 Å². The van der Waals surface area contributed by atoms with E-state index in [2.05, 4.69) is 9.71 Å². The van der Waals surface area contributed by atoms with Crippen molar-refractivity contribution in [2.75, 3.05) is 4.72 Å². The van der Waals surface area contributed by atoms with Gasteiger partial charge in [-0.25, -0.2) is 8.42 Å². The zero-order chi connectivity index (χ0) is 18.8. The van der Waals surface area contributed by atoms with Crippen molar-refractivity contribution in [1.29, 1.82) is 0 Å². The van der Waals surface area contributed by atoms with Gasteiger partial charge in [0.05, 0.1) is 21.8 Å². The zero-order valence-corrected chi connectivity index (χ0v) is 14.1. The van der Waals surface area contributed by atoms with E-state index in [1.165, 1.54) is 0 Å². The third-order valence-corrected chi connectivity index (χ3v) is 4.99. The molecule has 0 saturated carbocycles. The summed E-state index contributed by atoms with van der Waals surface area (Å²) >= 11 is 0. The largest absolute Gasteiger partial charge is 0.416 e. The summed E-state index contributed by atoms with van der Waals surface area (Å²) in [4.78, 5) is 3.93. The Morgan fingerprint density at radius 1 is 0.846 bits per heavy atom. The number of hydrogen-bond donors (Lipinski definition) is 1.